The number of benzene rings is 3. The number of aryl methyl sites for hydroxylation is 2. The Hall–Kier alpha value is -3.53. The van der Waals surface area contributed by atoms with Gasteiger partial charge in [-0.25, -0.2) is 0 Å². The number of hydrogen-bond donors (Lipinski definition) is 1. The lowest BCUT2D eigenvalue weighted by atomic mass is 9.88. The van der Waals surface area contributed by atoms with Gasteiger partial charge in [0.15, 0.2) is 0 Å². The molecule has 0 radical (unpaired) electrons. The number of ether oxygens (including phenoxy) is 1. The molecule has 0 saturated carbocycles. The average Bonchev–Trinajstić information content (AvgIpc) is 2.74. The minimum atomic E-state index is -1.19. The number of hydrogen-bond acceptors (Lipinski definition) is 4. The van der Waals surface area contributed by atoms with E-state index >= 15 is 0 Å². The van der Waals surface area contributed by atoms with Gasteiger partial charge in [-0.15, -0.1) is 0 Å². The van der Waals surface area contributed by atoms with Crippen molar-refractivity contribution >= 4 is 23.3 Å². The van der Waals surface area contributed by atoms with E-state index in [0.717, 1.165) is 57.1 Å². The van der Waals surface area contributed by atoms with Crippen LogP contribution in [0.2, 0.25) is 0 Å². The van der Waals surface area contributed by atoms with Gasteiger partial charge in [-0.2, -0.15) is 0 Å². The first-order chi connectivity index (χ1) is 14.9. The lowest BCUT2D eigenvalue weighted by molar-refractivity contribution is -0.255. The van der Waals surface area contributed by atoms with Crippen molar-refractivity contribution in [2.75, 3.05) is 11.9 Å². The third-order valence-corrected chi connectivity index (χ3v) is 5.66. The highest BCUT2D eigenvalue weighted by atomic mass is 16.5. The maximum Gasteiger partial charge on any atom is 0.137 e. The molecule has 1 aliphatic heterocycles. The van der Waals surface area contributed by atoms with Crippen LogP contribution in [-0.2, 0) is 0 Å². The number of carbonyl (C=O) groups excluding carboxylic acids is 1. The highest BCUT2D eigenvalue weighted by molar-refractivity contribution is 5.97. The van der Waals surface area contributed by atoms with E-state index in [0.29, 0.717) is 11.3 Å². The molecule has 0 unspecified atom stereocenters. The molecule has 0 amide bonds. The number of carbonyl (C=O) groups is 1. The molecular formula is C27H26NO3-. The third kappa shape index (κ3) is 3.70. The molecule has 1 heterocycles. The Labute approximate surface area is 182 Å². The van der Waals surface area contributed by atoms with Crippen LogP contribution in [0.5, 0.6) is 11.5 Å². The van der Waals surface area contributed by atoms with Gasteiger partial charge >= 0.3 is 0 Å². The van der Waals surface area contributed by atoms with Crippen molar-refractivity contribution in [1.29, 1.82) is 0 Å². The van der Waals surface area contributed by atoms with E-state index < -0.39 is 5.97 Å². The van der Waals surface area contributed by atoms with Crippen molar-refractivity contribution in [3.63, 3.8) is 0 Å². The highest BCUT2D eigenvalue weighted by Crippen LogP contribution is 2.39. The summed E-state index contributed by atoms with van der Waals surface area (Å²) >= 11 is 0. The summed E-state index contributed by atoms with van der Waals surface area (Å²) in [4.78, 5) is 11.9. The molecule has 0 bridgehead atoms. The molecule has 3 aromatic rings. The smallest absolute Gasteiger partial charge is 0.137 e. The van der Waals surface area contributed by atoms with Gasteiger partial charge < -0.3 is 20.0 Å². The van der Waals surface area contributed by atoms with Gasteiger partial charge in [0.2, 0.25) is 0 Å². The molecule has 4 rings (SSSR count). The second-order valence-electron chi connectivity index (χ2n) is 7.82. The Bertz CT molecular complexity index is 1300. The predicted octanol–water partition coefficient (Wildman–Crippen LogP) is 3.64. The predicted molar refractivity (Wildman–Crippen MR) is 123 cm³/mol. The molecule has 4 nitrogen and oxygen atoms in total. The summed E-state index contributed by atoms with van der Waals surface area (Å²) in [6.07, 6.45) is 3.09. The molecule has 0 fully saturated rings. The number of anilines is 1. The number of aromatic carboxylic acids is 1. The summed E-state index contributed by atoms with van der Waals surface area (Å²) in [6.45, 7) is 9.07. The fourth-order valence-electron chi connectivity index (χ4n) is 4.21. The number of carboxylic acid groups (broad SMARTS) is 1. The van der Waals surface area contributed by atoms with E-state index in [-0.39, 0.29) is 5.56 Å². The van der Waals surface area contributed by atoms with Crippen LogP contribution in [0.4, 0.5) is 5.69 Å². The fraction of sp³-hybridized carbons (Fsp3) is 0.222. The van der Waals surface area contributed by atoms with E-state index in [1.54, 1.807) is 12.1 Å². The summed E-state index contributed by atoms with van der Waals surface area (Å²) in [5, 5.41) is 17.3. The third-order valence-electron chi connectivity index (χ3n) is 5.66. The molecule has 3 aromatic carbocycles. The van der Waals surface area contributed by atoms with Crippen LogP contribution in [0.3, 0.4) is 0 Å². The quantitative estimate of drug-likeness (QED) is 0.544. The standard InChI is InChI=1S/C27H27NO3/c1-5-9-18-14-24-21(12-16(18)3)26(19-10-7-8-11-20(19)27(29)30)22-13-17(4)23(28-6-2)15-25(22)31-24/h7-15,28H,5-6H2,1-4H3,(H,29,30)/p-1/b18-9-. The van der Waals surface area contributed by atoms with Crippen LogP contribution < -0.4 is 25.6 Å². The van der Waals surface area contributed by atoms with Crippen molar-refractivity contribution in [2.45, 2.75) is 34.1 Å². The molecule has 1 N–H and O–H groups in total. The largest absolute Gasteiger partial charge is 0.545 e. The van der Waals surface area contributed by atoms with E-state index in [1.807, 2.05) is 31.2 Å². The molecule has 0 aliphatic carbocycles. The van der Waals surface area contributed by atoms with Crippen molar-refractivity contribution in [1.82, 2.24) is 0 Å². The van der Waals surface area contributed by atoms with Gasteiger partial charge in [0.05, 0.1) is 5.97 Å². The van der Waals surface area contributed by atoms with E-state index in [1.165, 1.54) is 0 Å². The van der Waals surface area contributed by atoms with Crippen molar-refractivity contribution in [2.24, 2.45) is 0 Å². The molecule has 0 atom stereocenters. The number of carboxylic acids is 1. The SMILES string of the molecule is CC/C=c1/cc2c(cc1C)=C(c1ccccc1C(=O)[O-])c1cc(C)c(NCC)cc1O2. The van der Waals surface area contributed by atoms with Crippen molar-refractivity contribution in [3.05, 3.63) is 86.8 Å². The van der Waals surface area contributed by atoms with E-state index in [2.05, 4.69) is 44.3 Å². The van der Waals surface area contributed by atoms with Gasteiger partial charge in [-0.1, -0.05) is 37.3 Å². The monoisotopic (exact) mass is 412 g/mol. The van der Waals surface area contributed by atoms with Gasteiger partial charge in [0.1, 0.15) is 11.5 Å². The van der Waals surface area contributed by atoms with Crippen molar-refractivity contribution < 1.29 is 14.6 Å². The second kappa shape index (κ2) is 8.31. The van der Waals surface area contributed by atoms with Gasteiger partial charge in [0.25, 0.3) is 0 Å². The topological polar surface area (TPSA) is 61.4 Å². The van der Waals surface area contributed by atoms with Gasteiger partial charge in [-0.05, 0) is 67.3 Å². The first kappa shape index (κ1) is 20.7. The molecule has 1 aliphatic rings. The number of nitrogens with one attached hydrogen (secondary N) is 1. The number of fused-ring (bicyclic) bond motifs is 2. The van der Waals surface area contributed by atoms with Crippen LogP contribution in [0.25, 0.3) is 11.6 Å². The Morgan fingerprint density at radius 2 is 1.77 bits per heavy atom. The summed E-state index contributed by atoms with van der Waals surface area (Å²) < 4.78 is 6.37. The zero-order valence-corrected chi connectivity index (χ0v) is 18.3. The first-order valence-electron chi connectivity index (χ1n) is 10.7. The molecule has 0 saturated heterocycles. The van der Waals surface area contributed by atoms with E-state index in [9.17, 15) is 9.90 Å². The molecule has 4 heteroatoms. The van der Waals surface area contributed by atoms with E-state index in [4.69, 9.17) is 4.74 Å². The number of rotatable bonds is 5. The second-order valence-corrected chi connectivity index (χ2v) is 7.82. The maximum atomic E-state index is 11.9. The van der Waals surface area contributed by atoms with Crippen LogP contribution in [0, 0.1) is 13.8 Å². The zero-order valence-electron chi connectivity index (χ0n) is 18.3. The van der Waals surface area contributed by atoms with Gasteiger partial charge in [-0.3, -0.25) is 0 Å². The van der Waals surface area contributed by atoms with Crippen molar-refractivity contribution in [3.8, 4) is 11.5 Å². The zero-order chi connectivity index (χ0) is 22.1. The summed E-state index contributed by atoms with van der Waals surface area (Å²) in [5.41, 5.74) is 5.74. The normalized spacial score (nSPS) is 12.8. The van der Waals surface area contributed by atoms with Crippen LogP contribution in [0.1, 0.15) is 52.9 Å². The Morgan fingerprint density at radius 1 is 1.00 bits per heavy atom. The van der Waals surface area contributed by atoms with Crippen LogP contribution in [0.15, 0.2) is 48.5 Å². The summed E-state index contributed by atoms with van der Waals surface area (Å²) in [7, 11) is 0. The molecule has 31 heavy (non-hydrogen) atoms. The minimum absolute atomic E-state index is 0.173. The Balaban J connectivity index is 2.14. The Morgan fingerprint density at radius 3 is 2.48 bits per heavy atom. The average molecular weight is 413 g/mol. The molecular weight excluding hydrogens is 386 g/mol. The fourth-order valence-corrected chi connectivity index (χ4v) is 4.21. The van der Waals surface area contributed by atoms with Crippen LogP contribution >= 0.6 is 0 Å². The van der Waals surface area contributed by atoms with Gasteiger partial charge in [0, 0.05) is 40.2 Å². The molecule has 0 aromatic heterocycles. The first-order valence-corrected chi connectivity index (χ1v) is 10.7. The minimum Gasteiger partial charge on any atom is -0.545 e. The maximum absolute atomic E-state index is 11.9. The lowest BCUT2D eigenvalue weighted by Crippen LogP contribution is -2.26. The lowest BCUT2D eigenvalue weighted by Gasteiger charge is -2.25. The summed E-state index contributed by atoms with van der Waals surface area (Å²) in [5.74, 6) is 0.252. The highest BCUT2D eigenvalue weighted by Gasteiger charge is 2.23. The summed E-state index contributed by atoms with van der Waals surface area (Å²) in [6, 6.07) is 15.2. The molecule has 158 valence electrons. The molecule has 0 spiro atoms. The van der Waals surface area contributed by atoms with Crippen LogP contribution in [-0.4, -0.2) is 12.5 Å². The Kier molecular flexibility index (Phi) is 5.55.